The van der Waals surface area contributed by atoms with Crippen LogP contribution in [0.5, 0.6) is 5.75 Å². The zero-order valence-corrected chi connectivity index (χ0v) is 21.5. The van der Waals surface area contributed by atoms with Gasteiger partial charge in [0.15, 0.2) is 5.78 Å². The number of nitrogens with zero attached hydrogens (tertiary/aromatic N) is 3. The van der Waals surface area contributed by atoms with Crippen LogP contribution in [0.15, 0.2) is 48.8 Å². The number of halogens is 2. The van der Waals surface area contributed by atoms with Gasteiger partial charge in [0.25, 0.3) is 0 Å². The fourth-order valence-corrected chi connectivity index (χ4v) is 4.92. The molecule has 2 atom stereocenters. The quantitative estimate of drug-likeness (QED) is 0.352. The first kappa shape index (κ1) is 25.6. The predicted octanol–water partition coefficient (Wildman–Crippen LogP) is 5.49. The number of likely N-dealkylation sites (tertiary alicyclic amines) is 1. The van der Waals surface area contributed by atoms with Crippen LogP contribution in [0.4, 0.5) is 15.9 Å². The van der Waals surface area contributed by atoms with Crippen molar-refractivity contribution in [1.82, 2.24) is 14.9 Å². The molecular weight excluding hydrogens is 495 g/mol. The van der Waals surface area contributed by atoms with Crippen molar-refractivity contribution in [3.8, 4) is 5.75 Å². The Morgan fingerprint density at radius 2 is 2.19 bits per heavy atom. The lowest BCUT2D eigenvalue weighted by Crippen LogP contribution is -2.47. The molecule has 2 aliphatic heterocycles. The van der Waals surface area contributed by atoms with Gasteiger partial charge >= 0.3 is 0 Å². The van der Waals surface area contributed by atoms with E-state index in [1.807, 2.05) is 18.2 Å². The molecule has 0 aliphatic carbocycles. The highest BCUT2D eigenvalue weighted by Crippen LogP contribution is 2.32. The Morgan fingerprint density at radius 3 is 2.92 bits per heavy atom. The molecule has 3 aromatic rings. The van der Waals surface area contributed by atoms with Gasteiger partial charge in [-0.3, -0.25) is 9.69 Å². The van der Waals surface area contributed by atoms with Gasteiger partial charge in [0.05, 0.1) is 23.8 Å². The molecule has 3 heterocycles. The lowest BCUT2D eigenvalue weighted by molar-refractivity contribution is -0.114. The van der Waals surface area contributed by atoms with Crippen LogP contribution in [0, 0.1) is 5.82 Å². The zero-order chi connectivity index (χ0) is 25.8. The van der Waals surface area contributed by atoms with Gasteiger partial charge < -0.3 is 14.8 Å². The molecule has 2 aliphatic rings. The number of nitrogens with one attached hydrogen (secondary N) is 1. The third-order valence-corrected chi connectivity index (χ3v) is 7.22. The number of fused-ring (bicyclic) bond motifs is 1. The number of rotatable bonds is 10. The summed E-state index contributed by atoms with van der Waals surface area (Å²) >= 11 is 5.95. The molecule has 0 saturated carbocycles. The number of anilines is 2. The topological polar surface area (TPSA) is 76.6 Å². The van der Waals surface area contributed by atoms with Crippen molar-refractivity contribution in [2.45, 2.75) is 44.8 Å². The molecule has 1 unspecified atom stereocenters. The maximum atomic E-state index is 13.6. The zero-order valence-electron chi connectivity index (χ0n) is 20.8. The van der Waals surface area contributed by atoms with Crippen molar-refractivity contribution < 1.29 is 18.7 Å². The van der Waals surface area contributed by atoms with Gasteiger partial charge in [-0.25, -0.2) is 14.4 Å². The second-order valence-corrected chi connectivity index (χ2v) is 9.86. The smallest absolute Gasteiger partial charge is 0.159 e. The van der Waals surface area contributed by atoms with Crippen LogP contribution in [-0.4, -0.2) is 59.1 Å². The predicted molar refractivity (Wildman–Crippen MR) is 142 cm³/mol. The van der Waals surface area contributed by atoms with Crippen LogP contribution in [0.25, 0.3) is 10.9 Å². The molecule has 0 radical (unpaired) electrons. The first-order valence-electron chi connectivity index (χ1n) is 12.7. The van der Waals surface area contributed by atoms with Crippen LogP contribution in [0.1, 0.15) is 31.7 Å². The summed E-state index contributed by atoms with van der Waals surface area (Å²) in [6.45, 7) is 5.23. The summed E-state index contributed by atoms with van der Waals surface area (Å²) in [6.07, 6.45) is 8.33. The number of benzene rings is 2. The van der Waals surface area contributed by atoms with Crippen molar-refractivity contribution in [3.63, 3.8) is 0 Å². The third-order valence-electron chi connectivity index (χ3n) is 6.93. The Bertz CT molecular complexity index is 1310. The highest BCUT2D eigenvalue weighted by Gasteiger charge is 2.24. The second kappa shape index (κ2) is 11.5. The molecular formula is C28H30ClFN4O3. The Labute approximate surface area is 220 Å². The van der Waals surface area contributed by atoms with E-state index in [1.54, 1.807) is 12.1 Å². The Balaban J connectivity index is 1.41. The maximum absolute atomic E-state index is 13.6. The summed E-state index contributed by atoms with van der Waals surface area (Å²) in [7, 11) is 0. The number of hydrogen-bond donors (Lipinski definition) is 1. The molecule has 5 rings (SSSR count). The number of ketones is 1. The van der Waals surface area contributed by atoms with Crippen molar-refractivity contribution in [3.05, 3.63) is 65.2 Å². The van der Waals surface area contributed by atoms with Crippen molar-refractivity contribution >= 4 is 39.8 Å². The number of ether oxygens (including phenoxy) is 2. The van der Waals surface area contributed by atoms with E-state index in [0.717, 1.165) is 36.9 Å². The van der Waals surface area contributed by atoms with Gasteiger partial charge in [0.1, 0.15) is 29.8 Å². The molecule has 2 saturated heterocycles. The summed E-state index contributed by atoms with van der Waals surface area (Å²) in [5, 5.41) is 3.92. The summed E-state index contributed by atoms with van der Waals surface area (Å²) < 4.78 is 25.3. The van der Waals surface area contributed by atoms with Crippen LogP contribution in [0.2, 0.25) is 5.02 Å². The van der Waals surface area contributed by atoms with Crippen molar-refractivity contribution in [2.75, 3.05) is 31.6 Å². The molecule has 37 heavy (non-hydrogen) atoms. The molecule has 194 valence electrons. The molecule has 2 aromatic carbocycles. The lowest BCUT2D eigenvalue weighted by Gasteiger charge is -2.39. The fourth-order valence-electron chi connectivity index (χ4n) is 4.74. The van der Waals surface area contributed by atoms with Crippen LogP contribution in [-0.2, 0) is 16.0 Å². The third kappa shape index (κ3) is 6.09. The van der Waals surface area contributed by atoms with Gasteiger partial charge in [-0.15, -0.1) is 0 Å². The molecule has 0 bridgehead atoms. The largest absolute Gasteiger partial charge is 0.488 e. The number of carbonyl (C=O) groups is 1. The number of aromatic nitrogens is 2. The van der Waals surface area contributed by atoms with E-state index in [-0.39, 0.29) is 23.3 Å². The average molecular weight is 525 g/mol. The van der Waals surface area contributed by atoms with Crippen LogP contribution >= 0.6 is 11.6 Å². The van der Waals surface area contributed by atoms with Gasteiger partial charge in [0, 0.05) is 54.7 Å². The highest BCUT2D eigenvalue weighted by atomic mass is 35.5. The second-order valence-electron chi connectivity index (χ2n) is 9.45. The first-order chi connectivity index (χ1) is 18.0. The summed E-state index contributed by atoms with van der Waals surface area (Å²) in [4.78, 5) is 24.1. The fraction of sp³-hybridized carbons (Fsp3) is 0.393. The molecule has 9 heteroatoms. The number of carbonyl (C=O) groups excluding carboxylic acids is 1. The van der Waals surface area contributed by atoms with E-state index in [4.69, 9.17) is 21.1 Å². The SMILES string of the molecule is CCC1CCN1C/C=C/C(=O)Cc1cc2c(Nc3ccc(F)c(Cl)c3)ncnc2cc1O[C@H]1CCOC1. The van der Waals surface area contributed by atoms with Crippen LogP contribution in [0.3, 0.4) is 0 Å². The molecule has 2 fully saturated rings. The van der Waals surface area contributed by atoms with E-state index in [0.29, 0.717) is 42.0 Å². The molecule has 1 aromatic heterocycles. The molecule has 1 N–H and O–H groups in total. The minimum atomic E-state index is -0.495. The van der Waals surface area contributed by atoms with Gasteiger partial charge in [-0.05, 0) is 43.2 Å². The Kier molecular flexibility index (Phi) is 7.98. The average Bonchev–Trinajstić information content (AvgIpc) is 3.37. The lowest BCUT2D eigenvalue weighted by atomic mass is 10.0. The highest BCUT2D eigenvalue weighted by molar-refractivity contribution is 6.31. The number of allylic oxidation sites excluding steroid dienone is 1. The first-order valence-corrected chi connectivity index (χ1v) is 13.1. The Morgan fingerprint density at radius 1 is 1.30 bits per heavy atom. The summed E-state index contributed by atoms with van der Waals surface area (Å²) in [6, 6.07) is 8.74. The van der Waals surface area contributed by atoms with E-state index in [2.05, 4.69) is 27.1 Å². The minimum absolute atomic E-state index is 0.00267. The standard InChI is InChI=1S/C28H30ClFN4O3/c1-2-20-7-10-34(20)9-3-4-21(35)12-18-13-23-26(15-27(18)37-22-8-11-36-16-22)31-17-32-28(23)33-19-5-6-25(30)24(29)14-19/h3-6,13-15,17,20,22H,2,7-12,16H2,1H3,(H,31,32,33)/b4-3+/t20?,22-/m0/s1. The maximum Gasteiger partial charge on any atom is 0.159 e. The molecule has 7 nitrogen and oxygen atoms in total. The van der Waals surface area contributed by atoms with E-state index >= 15 is 0 Å². The monoisotopic (exact) mass is 524 g/mol. The Hall–Kier alpha value is -3.07. The molecule has 0 amide bonds. The van der Waals surface area contributed by atoms with Crippen molar-refractivity contribution in [2.24, 2.45) is 0 Å². The normalized spacial score (nSPS) is 19.9. The van der Waals surface area contributed by atoms with Crippen molar-refractivity contribution in [1.29, 1.82) is 0 Å². The summed E-state index contributed by atoms with van der Waals surface area (Å²) in [5.74, 6) is 0.645. The number of hydrogen-bond acceptors (Lipinski definition) is 7. The van der Waals surface area contributed by atoms with Gasteiger partial charge in [0.2, 0.25) is 0 Å². The van der Waals surface area contributed by atoms with Gasteiger partial charge in [-0.2, -0.15) is 0 Å². The molecule has 0 spiro atoms. The summed E-state index contributed by atoms with van der Waals surface area (Å²) in [5.41, 5.74) is 2.00. The van der Waals surface area contributed by atoms with E-state index in [1.165, 1.54) is 24.9 Å². The van der Waals surface area contributed by atoms with E-state index < -0.39 is 5.82 Å². The van der Waals surface area contributed by atoms with Gasteiger partial charge in [-0.1, -0.05) is 24.6 Å². The minimum Gasteiger partial charge on any atom is -0.488 e. The van der Waals surface area contributed by atoms with E-state index in [9.17, 15) is 9.18 Å². The van der Waals surface area contributed by atoms with Crippen LogP contribution < -0.4 is 10.1 Å².